The van der Waals surface area contributed by atoms with Crippen molar-refractivity contribution < 1.29 is 14.1 Å². The molecule has 0 N–H and O–H groups in total. The first-order chi connectivity index (χ1) is 17.7. The number of nitrogens with zero attached hydrogens (tertiary/aromatic N) is 2. The average Bonchev–Trinajstić information content (AvgIpc) is 3.32. The molecule has 0 saturated heterocycles. The van der Waals surface area contributed by atoms with Gasteiger partial charge in [0.25, 0.3) is 0 Å². The van der Waals surface area contributed by atoms with Crippen LogP contribution in [0.5, 0.6) is 0 Å². The molecule has 0 aliphatic heterocycles. The third-order valence-electron chi connectivity index (χ3n) is 13.9. The summed E-state index contributed by atoms with van der Waals surface area (Å²) in [5.41, 5.74) is 0.856. The van der Waals surface area contributed by atoms with Crippen LogP contribution >= 0.6 is 0 Å². The van der Waals surface area contributed by atoms with Gasteiger partial charge in [-0.2, -0.15) is 4.91 Å². The predicted octanol–water partition coefficient (Wildman–Crippen LogP) is 7.49. The summed E-state index contributed by atoms with van der Waals surface area (Å²) in [6.07, 6.45) is 10.7. The van der Waals surface area contributed by atoms with E-state index >= 15 is 0 Å². The molecule has 0 spiro atoms. The lowest BCUT2D eigenvalue weighted by Crippen LogP contribution is -2.70. The fraction of sp³-hybridized carbons (Fsp3) is 0.875. The number of carbonyl (C=O) groups is 1. The Hall–Kier alpha value is -1.72. The SMILES string of the molecule is COC(=O)[C@]12CCC(C)(C)C[C@H]1[C@H]1C(N=O)C[C@@H]3[C@@]4(C)Cc5cnoc5C(C)(C)[C@@H]4CC[C@@]3(C)[C@]1(C)CC2. The average molecular weight is 525 g/mol. The van der Waals surface area contributed by atoms with Crippen LogP contribution in [0, 0.1) is 55.7 Å². The minimum absolute atomic E-state index is 0.0364. The number of esters is 1. The molecule has 210 valence electrons. The van der Waals surface area contributed by atoms with Crippen LogP contribution in [0.2, 0.25) is 0 Å². The van der Waals surface area contributed by atoms with E-state index in [1.165, 1.54) is 5.56 Å². The fourth-order valence-corrected chi connectivity index (χ4v) is 12.0. The Bertz CT molecular complexity index is 1160. The van der Waals surface area contributed by atoms with Gasteiger partial charge in [-0.05, 0) is 103 Å². The van der Waals surface area contributed by atoms with E-state index in [0.29, 0.717) is 11.8 Å². The van der Waals surface area contributed by atoms with Gasteiger partial charge >= 0.3 is 5.97 Å². The molecule has 0 radical (unpaired) electrons. The Morgan fingerprint density at radius 2 is 1.71 bits per heavy atom. The summed E-state index contributed by atoms with van der Waals surface area (Å²) >= 11 is 0. The van der Waals surface area contributed by atoms with Crippen LogP contribution in [0.3, 0.4) is 0 Å². The lowest BCUT2D eigenvalue weighted by atomic mass is 9.31. The van der Waals surface area contributed by atoms with Crippen molar-refractivity contribution in [3.05, 3.63) is 22.4 Å². The molecule has 1 unspecified atom stereocenters. The molecule has 9 atom stereocenters. The highest BCUT2D eigenvalue weighted by molar-refractivity contribution is 5.77. The van der Waals surface area contributed by atoms with Crippen molar-refractivity contribution in [3.8, 4) is 0 Å². The van der Waals surface area contributed by atoms with Gasteiger partial charge in [0, 0.05) is 11.0 Å². The third-order valence-corrected chi connectivity index (χ3v) is 13.9. The number of ether oxygens (including phenoxy) is 1. The molecule has 0 aromatic carbocycles. The predicted molar refractivity (Wildman–Crippen MR) is 146 cm³/mol. The molecular formula is C32H48N2O4. The minimum atomic E-state index is -0.480. The maximum Gasteiger partial charge on any atom is 0.312 e. The molecule has 5 aliphatic rings. The zero-order valence-electron chi connectivity index (χ0n) is 24.9. The third kappa shape index (κ3) is 3.07. The Balaban J connectivity index is 1.48. The van der Waals surface area contributed by atoms with Crippen LogP contribution in [0.1, 0.15) is 111 Å². The Morgan fingerprint density at radius 1 is 1.00 bits per heavy atom. The molecule has 0 bridgehead atoms. The molecule has 1 heterocycles. The zero-order chi connectivity index (χ0) is 27.5. The van der Waals surface area contributed by atoms with Crippen LogP contribution in [-0.2, 0) is 21.4 Å². The number of rotatable bonds is 2. The Morgan fingerprint density at radius 3 is 2.39 bits per heavy atom. The molecule has 6 heteroatoms. The van der Waals surface area contributed by atoms with Gasteiger partial charge in [0.05, 0.1) is 24.8 Å². The molecule has 6 rings (SSSR count). The van der Waals surface area contributed by atoms with Crippen molar-refractivity contribution in [3.63, 3.8) is 0 Å². The summed E-state index contributed by atoms with van der Waals surface area (Å²) in [6, 6.07) is -0.274. The molecule has 5 aliphatic carbocycles. The molecule has 38 heavy (non-hydrogen) atoms. The van der Waals surface area contributed by atoms with E-state index in [4.69, 9.17) is 9.26 Å². The molecule has 1 aromatic rings. The van der Waals surface area contributed by atoms with Gasteiger partial charge in [0.2, 0.25) is 0 Å². The summed E-state index contributed by atoms with van der Waals surface area (Å²) in [4.78, 5) is 26.4. The Kier molecular flexibility index (Phi) is 5.53. The van der Waals surface area contributed by atoms with Crippen LogP contribution in [0.4, 0.5) is 0 Å². The van der Waals surface area contributed by atoms with E-state index in [9.17, 15) is 9.70 Å². The number of carbonyl (C=O) groups excluding carboxylic acids is 1. The highest BCUT2D eigenvalue weighted by Gasteiger charge is 2.73. The first-order valence-corrected chi connectivity index (χ1v) is 15.1. The molecule has 1 aromatic heterocycles. The van der Waals surface area contributed by atoms with Crippen molar-refractivity contribution in [2.75, 3.05) is 7.11 Å². The number of fused-ring (bicyclic) bond motifs is 8. The summed E-state index contributed by atoms with van der Waals surface area (Å²) in [5, 5.41) is 8.18. The van der Waals surface area contributed by atoms with Crippen LogP contribution in [-0.4, -0.2) is 24.3 Å². The van der Waals surface area contributed by atoms with Gasteiger partial charge in [0.15, 0.2) is 0 Å². The molecule has 4 fully saturated rings. The number of methoxy groups -OCH3 is 1. The largest absolute Gasteiger partial charge is 0.469 e. The highest BCUT2D eigenvalue weighted by atomic mass is 16.5. The lowest BCUT2D eigenvalue weighted by molar-refractivity contribution is -0.244. The van der Waals surface area contributed by atoms with E-state index in [2.05, 4.69) is 58.8 Å². The molecule has 0 amide bonds. The first kappa shape index (κ1) is 26.5. The monoisotopic (exact) mass is 524 g/mol. The van der Waals surface area contributed by atoms with Crippen LogP contribution in [0.15, 0.2) is 15.9 Å². The van der Waals surface area contributed by atoms with Crippen molar-refractivity contribution in [1.29, 1.82) is 0 Å². The van der Waals surface area contributed by atoms with Gasteiger partial charge in [-0.25, -0.2) is 0 Å². The van der Waals surface area contributed by atoms with Gasteiger partial charge in [-0.3, -0.25) is 4.79 Å². The van der Waals surface area contributed by atoms with E-state index in [1.807, 2.05) is 6.20 Å². The molecular weight excluding hydrogens is 476 g/mol. The standard InChI is InChI=1S/C32H48N2O4/c1-27(2)11-13-32(26(35)37-8)14-12-31(7)24(20(32)17-27)21(34-36)15-23-29(5)16-19-18-33-38-25(19)28(3,4)22(29)9-10-30(23,31)6/h18,20-24H,9-17H2,1-8H3/t20-,21?,22-,23+,24-,29-,30+,31+,32-/m0/s1. The van der Waals surface area contributed by atoms with Crippen molar-refractivity contribution in [2.45, 2.75) is 118 Å². The molecule has 6 nitrogen and oxygen atoms in total. The number of aromatic nitrogens is 1. The Labute approximate surface area is 228 Å². The van der Waals surface area contributed by atoms with E-state index in [1.54, 1.807) is 7.11 Å². The molecule has 4 saturated carbocycles. The quantitative estimate of drug-likeness (QED) is 0.296. The summed E-state index contributed by atoms with van der Waals surface area (Å²) in [6.45, 7) is 16.9. The summed E-state index contributed by atoms with van der Waals surface area (Å²) < 4.78 is 11.3. The zero-order valence-corrected chi connectivity index (χ0v) is 24.9. The second-order valence-electron chi connectivity index (χ2n) is 16.1. The number of nitroso groups, excluding NO2 is 1. The maximum absolute atomic E-state index is 13.5. The van der Waals surface area contributed by atoms with Crippen LogP contribution in [0.25, 0.3) is 0 Å². The van der Waals surface area contributed by atoms with Gasteiger partial charge in [-0.15, -0.1) is 0 Å². The van der Waals surface area contributed by atoms with Crippen LogP contribution < -0.4 is 0 Å². The fourth-order valence-electron chi connectivity index (χ4n) is 12.0. The van der Waals surface area contributed by atoms with Gasteiger partial charge < -0.3 is 9.26 Å². The number of hydrogen-bond acceptors (Lipinski definition) is 6. The maximum atomic E-state index is 13.5. The normalized spacial score (nSPS) is 48.4. The van der Waals surface area contributed by atoms with Gasteiger partial charge in [0.1, 0.15) is 5.76 Å². The number of hydrogen-bond donors (Lipinski definition) is 0. The minimum Gasteiger partial charge on any atom is -0.469 e. The van der Waals surface area contributed by atoms with Crippen molar-refractivity contribution >= 4 is 5.97 Å². The summed E-state index contributed by atoms with van der Waals surface area (Å²) in [5.74, 6) is 2.09. The second kappa shape index (κ2) is 7.94. The second-order valence-corrected chi connectivity index (χ2v) is 16.1. The topological polar surface area (TPSA) is 81.8 Å². The van der Waals surface area contributed by atoms with Crippen molar-refractivity contribution in [1.82, 2.24) is 5.16 Å². The summed E-state index contributed by atoms with van der Waals surface area (Å²) in [7, 11) is 1.54. The van der Waals surface area contributed by atoms with E-state index in [0.717, 1.165) is 63.5 Å². The smallest absolute Gasteiger partial charge is 0.312 e. The highest BCUT2D eigenvalue weighted by Crippen LogP contribution is 2.77. The lowest BCUT2D eigenvalue weighted by Gasteiger charge is -2.73. The van der Waals surface area contributed by atoms with E-state index in [-0.39, 0.29) is 50.9 Å². The van der Waals surface area contributed by atoms with E-state index < -0.39 is 5.41 Å². The van der Waals surface area contributed by atoms with Gasteiger partial charge in [-0.1, -0.05) is 58.8 Å². The first-order valence-electron chi connectivity index (χ1n) is 15.1. The van der Waals surface area contributed by atoms with Crippen molar-refractivity contribution in [2.24, 2.45) is 55.9 Å².